The number of nitro groups is 1. The maximum atomic E-state index is 13.0. The number of aliphatic carboxylic acids is 1. The van der Waals surface area contributed by atoms with Crippen molar-refractivity contribution >= 4 is 57.5 Å². The second-order valence-electron chi connectivity index (χ2n) is 6.58. The summed E-state index contributed by atoms with van der Waals surface area (Å²) in [5.41, 5.74) is -2.25. The van der Waals surface area contributed by atoms with E-state index in [0.717, 1.165) is 42.8 Å². The molecule has 2 aliphatic heterocycles. The standard InChI is InChI=1S/C17H15N3O11S2/c1-7(21)30-5-8-6-32-16-17(29-2,15(25)19(16)11(8)14(23)24)18-13(22)12(33-28)9-3-4-10(31-9)20(26)27/h3-4,16H,5-6H2,1-2H3,(H,18,22)(H,23,24)/t16-,17+/m1/s1. The zero-order valence-corrected chi connectivity index (χ0v) is 18.5. The molecule has 33 heavy (non-hydrogen) atoms. The van der Waals surface area contributed by atoms with E-state index in [0.29, 0.717) is 0 Å². The molecule has 16 heteroatoms. The molecular formula is C17H15N3O11S2. The lowest BCUT2D eigenvalue weighted by Gasteiger charge is -2.55. The first-order valence-electron chi connectivity index (χ1n) is 8.90. The molecule has 0 saturated carbocycles. The monoisotopic (exact) mass is 501 g/mol. The van der Waals surface area contributed by atoms with E-state index in [9.17, 15) is 38.6 Å². The largest absolute Gasteiger partial charge is 0.477 e. The summed E-state index contributed by atoms with van der Waals surface area (Å²) in [5.74, 6) is -5.17. The molecule has 0 bridgehead atoms. The van der Waals surface area contributed by atoms with Crippen LogP contribution in [-0.2, 0) is 39.9 Å². The number of ether oxygens (including phenoxy) is 2. The maximum absolute atomic E-state index is 13.0. The molecule has 1 fully saturated rings. The lowest BCUT2D eigenvalue weighted by atomic mass is 9.98. The summed E-state index contributed by atoms with van der Waals surface area (Å²) in [6, 6.07) is 2.00. The van der Waals surface area contributed by atoms with Crippen molar-refractivity contribution in [3.63, 3.8) is 0 Å². The van der Waals surface area contributed by atoms with E-state index < -0.39 is 56.2 Å². The number of carbonyl (C=O) groups is 4. The van der Waals surface area contributed by atoms with E-state index in [1.165, 1.54) is 0 Å². The highest BCUT2D eigenvalue weighted by atomic mass is 32.2. The van der Waals surface area contributed by atoms with Gasteiger partial charge in [0.1, 0.15) is 33.9 Å². The van der Waals surface area contributed by atoms with Crippen LogP contribution in [0.15, 0.2) is 27.8 Å². The van der Waals surface area contributed by atoms with Gasteiger partial charge in [-0.3, -0.25) is 29.4 Å². The molecule has 3 heterocycles. The average Bonchev–Trinajstić information content (AvgIpc) is 3.25. The number of esters is 1. The molecule has 2 aliphatic rings. The number of furan rings is 1. The van der Waals surface area contributed by atoms with Crippen LogP contribution in [0.25, 0.3) is 0 Å². The van der Waals surface area contributed by atoms with Gasteiger partial charge in [-0.15, -0.1) is 11.8 Å². The molecule has 2 amide bonds. The topological polar surface area (TPSA) is 196 Å². The molecule has 1 aromatic heterocycles. The molecule has 14 nitrogen and oxygen atoms in total. The third-order valence-corrected chi connectivity index (χ3v) is 6.60. The number of fused-ring (bicyclic) bond motifs is 1. The smallest absolute Gasteiger partial charge is 0.433 e. The number of β-lactam (4-membered cyclic amide) rings is 1. The van der Waals surface area contributed by atoms with Crippen molar-refractivity contribution in [1.29, 1.82) is 0 Å². The highest BCUT2D eigenvalue weighted by Gasteiger charge is 2.67. The van der Waals surface area contributed by atoms with Gasteiger partial charge in [-0.2, -0.15) is 0 Å². The minimum atomic E-state index is -2.02. The average molecular weight is 501 g/mol. The molecule has 176 valence electrons. The molecule has 2 atom stereocenters. The van der Waals surface area contributed by atoms with Gasteiger partial charge in [-0.1, -0.05) is 0 Å². The highest BCUT2D eigenvalue weighted by molar-refractivity contribution is 8.00. The predicted octanol–water partition coefficient (Wildman–Crippen LogP) is -0.803. The number of amides is 2. The van der Waals surface area contributed by atoms with E-state index in [1.54, 1.807) is 0 Å². The van der Waals surface area contributed by atoms with Crippen molar-refractivity contribution in [3.05, 3.63) is 39.3 Å². The van der Waals surface area contributed by atoms with E-state index in [2.05, 4.69) is 5.32 Å². The number of hydrogen-bond acceptors (Lipinski definition) is 11. The fourth-order valence-corrected chi connectivity index (χ4v) is 4.95. The second kappa shape index (κ2) is 9.16. The van der Waals surface area contributed by atoms with Crippen LogP contribution >= 0.6 is 11.8 Å². The molecule has 2 N–H and O–H groups in total. The quantitative estimate of drug-likeness (QED) is 0.0857. The summed E-state index contributed by atoms with van der Waals surface area (Å²) < 4.78 is 26.5. The van der Waals surface area contributed by atoms with Gasteiger partial charge in [-0.25, -0.2) is 9.00 Å². The maximum Gasteiger partial charge on any atom is 0.433 e. The Morgan fingerprint density at radius 2 is 2.15 bits per heavy atom. The molecule has 0 aliphatic carbocycles. The number of nitrogens with zero attached hydrogens (tertiary/aromatic N) is 2. The second-order valence-corrected chi connectivity index (χ2v) is 8.22. The van der Waals surface area contributed by atoms with Gasteiger partial charge in [-0.05, 0) is 6.07 Å². The minimum absolute atomic E-state index is 0.0433. The Kier molecular flexibility index (Phi) is 6.71. The van der Waals surface area contributed by atoms with Gasteiger partial charge in [0.2, 0.25) is 0 Å². The number of hydrogen-bond donors (Lipinski definition) is 2. The van der Waals surface area contributed by atoms with Crippen molar-refractivity contribution in [2.45, 2.75) is 18.0 Å². The summed E-state index contributed by atoms with van der Waals surface area (Å²) >= 11 is 0.727. The Balaban J connectivity index is 1.88. The zero-order chi connectivity index (χ0) is 24.5. The van der Waals surface area contributed by atoms with Crippen molar-refractivity contribution in [2.75, 3.05) is 19.5 Å². The van der Waals surface area contributed by atoms with Gasteiger partial charge in [0.25, 0.3) is 17.5 Å². The van der Waals surface area contributed by atoms with Gasteiger partial charge >= 0.3 is 17.8 Å². The Labute approximate surface area is 192 Å². The summed E-state index contributed by atoms with van der Waals surface area (Å²) in [6.07, 6.45) is 0. The number of carbonyl (C=O) groups excluding carboxylic acids is 3. The molecule has 1 saturated heterocycles. The predicted molar refractivity (Wildman–Crippen MR) is 110 cm³/mol. The number of methoxy groups -OCH3 is 1. The number of carboxylic acid groups (broad SMARTS) is 1. The Bertz CT molecular complexity index is 1150. The highest BCUT2D eigenvalue weighted by Crippen LogP contribution is 2.46. The number of thioether (sulfide) groups is 1. The van der Waals surface area contributed by atoms with Crippen LogP contribution < -0.4 is 5.32 Å². The van der Waals surface area contributed by atoms with Crippen LogP contribution in [0.4, 0.5) is 5.88 Å². The van der Waals surface area contributed by atoms with Crippen molar-refractivity contribution in [2.24, 2.45) is 0 Å². The third kappa shape index (κ3) is 4.14. The summed E-state index contributed by atoms with van der Waals surface area (Å²) in [5, 5.41) is 21.7. The van der Waals surface area contributed by atoms with Crippen LogP contribution in [-0.4, -0.2) is 78.3 Å². The molecule has 0 aromatic carbocycles. The minimum Gasteiger partial charge on any atom is -0.477 e. The van der Waals surface area contributed by atoms with Crippen LogP contribution in [0, 0.1) is 10.1 Å². The molecule has 0 spiro atoms. The summed E-state index contributed by atoms with van der Waals surface area (Å²) in [6.45, 7) is 0.810. The normalized spacial score (nSPS) is 21.6. The van der Waals surface area contributed by atoms with Crippen LogP contribution in [0.3, 0.4) is 0 Å². The fraction of sp³-hybridized carbons (Fsp3) is 0.353. The fourth-order valence-electron chi connectivity index (χ4n) is 3.21. The van der Waals surface area contributed by atoms with Crippen LogP contribution in [0.5, 0.6) is 0 Å². The number of rotatable bonds is 8. The van der Waals surface area contributed by atoms with Gasteiger partial charge in [0.05, 0.1) is 6.07 Å². The Morgan fingerprint density at radius 3 is 2.67 bits per heavy atom. The first-order chi connectivity index (χ1) is 15.6. The first kappa shape index (κ1) is 24.1. The van der Waals surface area contributed by atoms with Crippen LogP contribution in [0.1, 0.15) is 12.7 Å². The molecule has 1 aromatic rings. The molecule has 0 radical (unpaired) electrons. The first-order valence-corrected chi connectivity index (χ1v) is 10.7. The van der Waals surface area contributed by atoms with Gasteiger partial charge in [0, 0.05) is 25.4 Å². The van der Waals surface area contributed by atoms with Crippen molar-refractivity contribution in [1.82, 2.24) is 10.2 Å². The summed E-state index contributed by atoms with van der Waals surface area (Å²) in [7, 11) is 1.11. The molecule has 0 unspecified atom stereocenters. The van der Waals surface area contributed by atoms with E-state index in [4.69, 9.17) is 13.9 Å². The van der Waals surface area contributed by atoms with Crippen molar-refractivity contribution in [3.8, 4) is 0 Å². The number of nitrogens with one attached hydrogen (secondary N) is 1. The van der Waals surface area contributed by atoms with Crippen molar-refractivity contribution < 1.29 is 47.3 Å². The van der Waals surface area contributed by atoms with Gasteiger partial charge < -0.3 is 24.3 Å². The summed E-state index contributed by atoms with van der Waals surface area (Å²) in [4.78, 5) is 58.9. The SMILES string of the molecule is CO[C@@]1(NC(=O)C(=S=O)c2ccc([N+](=O)[O-])o2)C(=O)N2C(C(=O)O)=C(COC(C)=O)CS[C@@H]21. The van der Waals surface area contributed by atoms with E-state index >= 15 is 0 Å². The lowest BCUT2D eigenvalue weighted by Crippen LogP contribution is -2.81. The van der Waals surface area contributed by atoms with E-state index in [1.807, 2.05) is 0 Å². The van der Waals surface area contributed by atoms with Gasteiger partial charge in [0.15, 0.2) is 10.6 Å². The Hall–Kier alpha value is -3.50. The van der Waals surface area contributed by atoms with E-state index in [-0.39, 0.29) is 34.9 Å². The molecular weight excluding hydrogens is 486 g/mol. The zero-order valence-electron chi connectivity index (χ0n) is 16.9. The lowest BCUT2D eigenvalue weighted by molar-refractivity contribution is -0.402. The third-order valence-electron chi connectivity index (χ3n) is 4.67. The number of carboxylic acids is 1. The molecule has 3 rings (SSSR count). The van der Waals surface area contributed by atoms with Crippen LogP contribution in [0.2, 0.25) is 0 Å². The Morgan fingerprint density at radius 1 is 1.45 bits per heavy atom.